The first-order valence-corrected chi connectivity index (χ1v) is 22.7. The minimum atomic E-state index is 0.860. The Morgan fingerprint density at radius 3 is 1.61 bits per heavy atom. The first-order chi connectivity index (χ1) is 32.7. The van der Waals surface area contributed by atoms with Gasteiger partial charge in [-0.1, -0.05) is 194 Å². The fraction of sp³-hybridized carbons (Fsp3) is 0. The van der Waals surface area contributed by atoms with E-state index in [0.29, 0.717) is 0 Å². The molecule has 0 aliphatic rings. The van der Waals surface area contributed by atoms with Crippen LogP contribution in [0.15, 0.2) is 253 Å². The second-order valence-electron chi connectivity index (χ2n) is 17.2. The number of hydrogen-bond acceptors (Lipinski definition) is 2. The van der Waals surface area contributed by atoms with Crippen molar-refractivity contribution < 1.29 is 4.42 Å². The number of hydrogen-bond donors (Lipinski definition) is 0. The lowest BCUT2D eigenvalue weighted by Gasteiger charge is -2.27. The summed E-state index contributed by atoms with van der Waals surface area (Å²) in [5, 5.41) is 11.9. The molecule has 0 radical (unpaired) electrons. The van der Waals surface area contributed by atoms with Gasteiger partial charge in [-0.25, -0.2) is 0 Å². The van der Waals surface area contributed by atoms with Gasteiger partial charge in [0.05, 0.1) is 11.1 Å². The molecule has 0 saturated heterocycles. The van der Waals surface area contributed by atoms with Crippen LogP contribution in [-0.2, 0) is 0 Å². The highest BCUT2D eigenvalue weighted by Gasteiger charge is 2.22. The molecule has 1 aromatic heterocycles. The summed E-state index contributed by atoms with van der Waals surface area (Å²) < 4.78 is 6.75. The quantitative estimate of drug-likeness (QED) is 0.149. The summed E-state index contributed by atoms with van der Waals surface area (Å²) in [6.45, 7) is 0. The topological polar surface area (TPSA) is 16.4 Å². The third-order valence-corrected chi connectivity index (χ3v) is 13.4. The summed E-state index contributed by atoms with van der Waals surface area (Å²) in [5.74, 6) is 0. The van der Waals surface area contributed by atoms with E-state index in [-0.39, 0.29) is 0 Å². The lowest BCUT2D eigenvalue weighted by molar-refractivity contribution is 0.672. The third-order valence-electron chi connectivity index (χ3n) is 13.4. The highest BCUT2D eigenvalue weighted by Crippen LogP contribution is 2.48. The Morgan fingerprint density at radius 2 is 0.818 bits per heavy atom. The molecular weight excluding hydrogens is 799 g/mol. The molecule has 2 nitrogen and oxygen atoms in total. The second kappa shape index (κ2) is 15.5. The largest absolute Gasteiger partial charge is 0.455 e. The van der Waals surface area contributed by atoms with Crippen LogP contribution < -0.4 is 4.90 Å². The summed E-state index contributed by atoms with van der Waals surface area (Å²) in [5.41, 5.74) is 14.5. The summed E-state index contributed by atoms with van der Waals surface area (Å²) in [6, 6.07) is 90.3. The zero-order valence-electron chi connectivity index (χ0n) is 36.0. The Bertz CT molecular complexity index is 3980. The predicted molar refractivity (Wildman–Crippen MR) is 280 cm³/mol. The molecule has 0 aliphatic carbocycles. The predicted octanol–water partition coefficient (Wildman–Crippen LogP) is 18.3. The maximum Gasteiger partial charge on any atom is 0.143 e. The number of benzene rings is 12. The molecule has 0 saturated carbocycles. The molecule has 1 heterocycles. The van der Waals surface area contributed by atoms with Crippen LogP contribution in [0.1, 0.15) is 0 Å². The van der Waals surface area contributed by atoms with Crippen LogP contribution in [-0.4, -0.2) is 0 Å². The van der Waals surface area contributed by atoms with E-state index in [2.05, 4.69) is 254 Å². The van der Waals surface area contributed by atoms with E-state index in [9.17, 15) is 0 Å². The molecular formula is C64H41NO. The van der Waals surface area contributed by atoms with Gasteiger partial charge in [-0.3, -0.25) is 0 Å². The SMILES string of the molecule is c1ccc(-c2c(-c3ccccc3)c3cc(-c4ccc(N(c5cccc(-c6ccc7ccccc7c6)c5)c5cccc6oc7c8ccccc8ccc7c56)cc4)ccc3c3ccccc23)cc1. The van der Waals surface area contributed by atoms with Gasteiger partial charge in [-0.05, 0) is 137 Å². The molecule has 0 unspecified atom stereocenters. The van der Waals surface area contributed by atoms with E-state index in [4.69, 9.17) is 4.42 Å². The van der Waals surface area contributed by atoms with Gasteiger partial charge in [0.15, 0.2) is 0 Å². The second-order valence-corrected chi connectivity index (χ2v) is 17.2. The zero-order chi connectivity index (χ0) is 43.6. The normalized spacial score (nSPS) is 11.6. The van der Waals surface area contributed by atoms with Gasteiger partial charge in [-0.2, -0.15) is 0 Å². The minimum absolute atomic E-state index is 0.860. The number of rotatable bonds is 7. The standard InChI is InChI=1S/C64H41NO/c1-3-17-45(18-4-1)61-56-26-12-11-25-54(56)55-37-34-50(41-58(55)62(61)46-19-5-2-6-20-46)43-31-35-51(36-32-43)65(52-23-13-22-48(40-52)49-30-29-42-15-7-8-21-47(42)39-49)59-27-14-28-60-63(59)57-38-33-44-16-9-10-24-53(44)64(57)66-60/h1-41H. The molecule has 12 aromatic carbocycles. The van der Waals surface area contributed by atoms with E-state index in [1.165, 1.54) is 65.7 Å². The average Bonchev–Trinajstić information content (AvgIpc) is 3.79. The molecule has 0 fully saturated rings. The monoisotopic (exact) mass is 839 g/mol. The maximum atomic E-state index is 6.75. The van der Waals surface area contributed by atoms with Crippen LogP contribution in [0.2, 0.25) is 0 Å². The lowest BCUT2D eigenvalue weighted by Crippen LogP contribution is -2.10. The Labute approximate surface area is 382 Å². The Balaban J connectivity index is 0.995. The van der Waals surface area contributed by atoms with Gasteiger partial charge in [0.1, 0.15) is 11.2 Å². The molecule has 0 bridgehead atoms. The average molecular weight is 840 g/mol. The van der Waals surface area contributed by atoms with Crippen molar-refractivity contribution in [2.24, 2.45) is 0 Å². The Kier molecular flexibility index (Phi) is 8.89. The van der Waals surface area contributed by atoms with Crippen LogP contribution in [0.3, 0.4) is 0 Å². The van der Waals surface area contributed by atoms with Crippen molar-refractivity contribution in [2.45, 2.75) is 0 Å². The molecule has 13 aromatic rings. The van der Waals surface area contributed by atoms with Crippen LogP contribution in [0.25, 0.3) is 110 Å². The van der Waals surface area contributed by atoms with Crippen molar-refractivity contribution >= 4 is 82.1 Å². The van der Waals surface area contributed by atoms with Gasteiger partial charge < -0.3 is 9.32 Å². The van der Waals surface area contributed by atoms with Gasteiger partial charge in [-0.15, -0.1) is 0 Å². The van der Waals surface area contributed by atoms with Gasteiger partial charge >= 0.3 is 0 Å². The molecule has 0 atom stereocenters. The smallest absolute Gasteiger partial charge is 0.143 e. The highest BCUT2D eigenvalue weighted by atomic mass is 16.3. The number of nitrogens with zero attached hydrogens (tertiary/aromatic N) is 1. The number of furan rings is 1. The molecule has 0 spiro atoms. The molecule has 0 N–H and O–H groups in total. The van der Waals surface area contributed by atoms with E-state index >= 15 is 0 Å². The van der Waals surface area contributed by atoms with Crippen molar-refractivity contribution in [3.63, 3.8) is 0 Å². The molecule has 0 amide bonds. The molecule has 13 rings (SSSR count). The zero-order valence-corrected chi connectivity index (χ0v) is 36.0. The lowest BCUT2D eigenvalue weighted by atomic mass is 9.84. The summed E-state index contributed by atoms with van der Waals surface area (Å²) in [4.78, 5) is 2.40. The van der Waals surface area contributed by atoms with Crippen LogP contribution in [0, 0.1) is 0 Å². The van der Waals surface area contributed by atoms with Crippen LogP contribution >= 0.6 is 0 Å². The summed E-state index contributed by atoms with van der Waals surface area (Å²) in [7, 11) is 0. The Hall–Kier alpha value is -8.72. The van der Waals surface area contributed by atoms with E-state index in [1.54, 1.807) is 0 Å². The molecule has 2 heteroatoms. The fourth-order valence-corrected chi connectivity index (χ4v) is 10.3. The molecule has 0 aliphatic heterocycles. The van der Waals surface area contributed by atoms with Gasteiger partial charge in [0, 0.05) is 22.1 Å². The van der Waals surface area contributed by atoms with E-state index in [1.807, 2.05) is 0 Å². The van der Waals surface area contributed by atoms with Gasteiger partial charge in [0.2, 0.25) is 0 Å². The number of fused-ring (bicyclic) bond motifs is 9. The first kappa shape index (κ1) is 37.8. The van der Waals surface area contributed by atoms with Crippen LogP contribution in [0.5, 0.6) is 0 Å². The fourth-order valence-electron chi connectivity index (χ4n) is 10.3. The van der Waals surface area contributed by atoms with E-state index in [0.717, 1.165) is 60.9 Å². The Morgan fingerprint density at radius 1 is 0.273 bits per heavy atom. The van der Waals surface area contributed by atoms with Gasteiger partial charge in [0.25, 0.3) is 0 Å². The highest BCUT2D eigenvalue weighted by molar-refractivity contribution is 6.22. The maximum absolute atomic E-state index is 6.75. The van der Waals surface area contributed by atoms with Crippen molar-refractivity contribution in [3.8, 4) is 44.5 Å². The van der Waals surface area contributed by atoms with Crippen LogP contribution in [0.4, 0.5) is 17.1 Å². The first-order valence-electron chi connectivity index (χ1n) is 22.7. The molecule has 66 heavy (non-hydrogen) atoms. The minimum Gasteiger partial charge on any atom is -0.455 e. The van der Waals surface area contributed by atoms with Crippen molar-refractivity contribution in [1.82, 2.24) is 0 Å². The summed E-state index contributed by atoms with van der Waals surface area (Å²) in [6.07, 6.45) is 0. The molecule has 308 valence electrons. The third kappa shape index (κ3) is 6.26. The summed E-state index contributed by atoms with van der Waals surface area (Å²) >= 11 is 0. The van der Waals surface area contributed by atoms with E-state index < -0.39 is 0 Å². The number of anilines is 3. The van der Waals surface area contributed by atoms with Crippen molar-refractivity contribution in [3.05, 3.63) is 249 Å². The van der Waals surface area contributed by atoms with Crippen molar-refractivity contribution in [1.29, 1.82) is 0 Å². The van der Waals surface area contributed by atoms with Crippen molar-refractivity contribution in [2.75, 3.05) is 4.90 Å².